The van der Waals surface area contributed by atoms with Gasteiger partial charge in [0.05, 0.1) is 18.3 Å². The zero-order valence-corrected chi connectivity index (χ0v) is 18.5. The van der Waals surface area contributed by atoms with Crippen LogP contribution in [0.5, 0.6) is 0 Å². The van der Waals surface area contributed by atoms with Gasteiger partial charge in [0.15, 0.2) is 11.0 Å². The average Bonchev–Trinajstić information content (AvgIpc) is 3.59. The van der Waals surface area contributed by atoms with Crippen LogP contribution in [0, 0.1) is 6.92 Å². The Bertz CT molecular complexity index is 1260. The molecule has 1 amide bonds. The van der Waals surface area contributed by atoms with E-state index in [0.29, 0.717) is 23.1 Å². The summed E-state index contributed by atoms with van der Waals surface area (Å²) in [7, 11) is 1.91. The van der Waals surface area contributed by atoms with Crippen molar-refractivity contribution in [2.24, 2.45) is 12.1 Å². The molecule has 3 aromatic heterocycles. The van der Waals surface area contributed by atoms with Gasteiger partial charge in [-0.2, -0.15) is 5.10 Å². The number of carbonyl (C=O) groups excluding carboxylic acids is 1. The quantitative estimate of drug-likeness (QED) is 0.406. The first-order valence-corrected chi connectivity index (χ1v) is 11.2. The van der Waals surface area contributed by atoms with Gasteiger partial charge in [0.1, 0.15) is 23.3 Å². The van der Waals surface area contributed by atoms with E-state index in [1.54, 1.807) is 18.6 Å². The largest absolute Gasteiger partial charge is 0.467 e. The molecule has 0 saturated heterocycles. The van der Waals surface area contributed by atoms with Crippen LogP contribution in [0.3, 0.4) is 0 Å². The number of thioether (sulfide) groups is 1. The molecule has 8 nitrogen and oxygen atoms in total. The van der Waals surface area contributed by atoms with Crippen LogP contribution >= 0.6 is 11.8 Å². The van der Waals surface area contributed by atoms with E-state index in [9.17, 15) is 4.79 Å². The molecule has 1 aliphatic heterocycles. The second kappa shape index (κ2) is 8.51. The van der Waals surface area contributed by atoms with Gasteiger partial charge in [0, 0.05) is 19.0 Å². The molecular weight excluding hydrogens is 426 g/mol. The minimum Gasteiger partial charge on any atom is -0.467 e. The van der Waals surface area contributed by atoms with E-state index in [1.807, 2.05) is 61.0 Å². The fourth-order valence-electron chi connectivity index (χ4n) is 3.73. The predicted molar refractivity (Wildman–Crippen MR) is 120 cm³/mol. The molecule has 9 heteroatoms. The molecule has 0 spiro atoms. The lowest BCUT2D eigenvalue weighted by atomic mass is 10.1. The summed E-state index contributed by atoms with van der Waals surface area (Å²) >= 11 is 1.34. The second-order valence-electron chi connectivity index (χ2n) is 7.47. The van der Waals surface area contributed by atoms with Crippen molar-refractivity contribution in [2.45, 2.75) is 24.5 Å². The monoisotopic (exact) mass is 447 g/mol. The number of benzene rings is 1. The molecule has 162 valence electrons. The standard InChI is InChI=1S/C23H21N5O3S/c1-15-7-3-4-8-16(15)22-24-25-23(27(22)2)32-14-21(29)28-18(20-10-6-12-31-20)13-17(26-28)19-9-5-11-30-19/h3-12,18H,13-14H2,1-2H3. The first-order valence-electron chi connectivity index (χ1n) is 10.2. The third-order valence-corrected chi connectivity index (χ3v) is 6.39. The second-order valence-corrected chi connectivity index (χ2v) is 8.41. The van der Waals surface area contributed by atoms with Crippen molar-refractivity contribution in [1.82, 2.24) is 19.8 Å². The van der Waals surface area contributed by atoms with Crippen LogP contribution in [0.1, 0.15) is 29.5 Å². The maximum Gasteiger partial charge on any atom is 0.253 e. The Morgan fingerprint density at radius 3 is 2.66 bits per heavy atom. The first kappa shape index (κ1) is 20.3. The molecule has 5 rings (SSSR count). The lowest BCUT2D eigenvalue weighted by molar-refractivity contribution is -0.130. The van der Waals surface area contributed by atoms with Crippen LogP contribution in [-0.4, -0.2) is 37.1 Å². The number of nitrogens with zero attached hydrogens (tertiary/aromatic N) is 5. The average molecular weight is 448 g/mol. The molecule has 1 unspecified atom stereocenters. The number of amides is 1. The van der Waals surface area contributed by atoms with Crippen molar-refractivity contribution >= 4 is 23.4 Å². The highest BCUT2D eigenvalue weighted by molar-refractivity contribution is 7.99. The Hall–Kier alpha value is -3.59. The smallest absolute Gasteiger partial charge is 0.253 e. The SMILES string of the molecule is Cc1ccccc1-c1nnc(SCC(=O)N2N=C(c3ccco3)CC2c2ccco2)n1C. The lowest BCUT2D eigenvalue weighted by Gasteiger charge is -2.19. The van der Waals surface area contributed by atoms with E-state index in [-0.39, 0.29) is 17.7 Å². The number of hydrogen-bond acceptors (Lipinski definition) is 7. The minimum absolute atomic E-state index is 0.140. The number of furan rings is 2. The molecule has 0 radical (unpaired) electrons. The molecule has 0 bridgehead atoms. The zero-order valence-electron chi connectivity index (χ0n) is 17.6. The van der Waals surface area contributed by atoms with Crippen LogP contribution in [0.15, 0.2) is 80.1 Å². The highest BCUT2D eigenvalue weighted by atomic mass is 32.2. The van der Waals surface area contributed by atoms with Crippen molar-refractivity contribution in [3.05, 3.63) is 78.1 Å². The molecule has 4 aromatic rings. The fraction of sp³-hybridized carbons (Fsp3) is 0.217. The van der Waals surface area contributed by atoms with E-state index in [0.717, 1.165) is 22.7 Å². The Balaban J connectivity index is 1.34. The number of rotatable bonds is 6. The van der Waals surface area contributed by atoms with Crippen LogP contribution in [0.2, 0.25) is 0 Å². The molecule has 1 atom stereocenters. The maximum atomic E-state index is 13.1. The molecule has 32 heavy (non-hydrogen) atoms. The topological polar surface area (TPSA) is 89.7 Å². The van der Waals surface area contributed by atoms with Crippen LogP contribution < -0.4 is 0 Å². The summed E-state index contributed by atoms with van der Waals surface area (Å²) in [6, 6.07) is 15.0. The summed E-state index contributed by atoms with van der Waals surface area (Å²) in [5, 5.41) is 15.3. The summed E-state index contributed by atoms with van der Waals surface area (Å²) in [5.74, 6) is 2.14. The summed E-state index contributed by atoms with van der Waals surface area (Å²) in [6.07, 6.45) is 3.73. The number of hydrazone groups is 1. The van der Waals surface area contributed by atoms with Gasteiger partial charge in [-0.15, -0.1) is 10.2 Å². The first-order chi connectivity index (χ1) is 15.6. The van der Waals surface area contributed by atoms with Crippen LogP contribution in [0.4, 0.5) is 0 Å². The Morgan fingerprint density at radius 2 is 1.91 bits per heavy atom. The van der Waals surface area contributed by atoms with Crippen molar-refractivity contribution < 1.29 is 13.6 Å². The normalized spacial score (nSPS) is 15.9. The van der Waals surface area contributed by atoms with Gasteiger partial charge in [-0.1, -0.05) is 36.0 Å². The van der Waals surface area contributed by atoms with Gasteiger partial charge in [-0.05, 0) is 36.8 Å². The van der Waals surface area contributed by atoms with Crippen LogP contribution in [0.25, 0.3) is 11.4 Å². The molecule has 1 aliphatic rings. The Kier molecular flexibility index (Phi) is 5.40. The zero-order chi connectivity index (χ0) is 22.1. The van der Waals surface area contributed by atoms with Gasteiger partial charge in [0.25, 0.3) is 5.91 Å². The highest BCUT2D eigenvalue weighted by Crippen LogP contribution is 2.34. The molecular formula is C23H21N5O3S. The summed E-state index contributed by atoms with van der Waals surface area (Å²) < 4.78 is 13.0. The van der Waals surface area contributed by atoms with Gasteiger partial charge >= 0.3 is 0 Å². The molecule has 0 fully saturated rings. The summed E-state index contributed by atoms with van der Waals surface area (Å²) in [4.78, 5) is 13.1. The number of aryl methyl sites for hydroxylation is 1. The third-order valence-electron chi connectivity index (χ3n) is 5.39. The van der Waals surface area contributed by atoms with Gasteiger partial charge < -0.3 is 13.4 Å². The van der Waals surface area contributed by atoms with Gasteiger partial charge in [-0.25, -0.2) is 5.01 Å². The van der Waals surface area contributed by atoms with E-state index in [2.05, 4.69) is 15.3 Å². The molecule has 0 N–H and O–H groups in total. The van der Waals surface area contributed by atoms with E-state index in [1.165, 1.54) is 16.8 Å². The van der Waals surface area contributed by atoms with Crippen molar-refractivity contribution in [1.29, 1.82) is 0 Å². The Labute approximate surface area is 188 Å². The number of carbonyl (C=O) groups is 1. The molecule has 1 aromatic carbocycles. The highest BCUT2D eigenvalue weighted by Gasteiger charge is 2.35. The Morgan fingerprint density at radius 1 is 1.09 bits per heavy atom. The van der Waals surface area contributed by atoms with E-state index in [4.69, 9.17) is 8.83 Å². The minimum atomic E-state index is -0.305. The predicted octanol–water partition coefficient (Wildman–Crippen LogP) is 4.45. The van der Waals surface area contributed by atoms with E-state index < -0.39 is 0 Å². The summed E-state index contributed by atoms with van der Waals surface area (Å²) in [6.45, 7) is 2.04. The lowest BCUT2D eigenvalue weighted by Crippen LogP contribution is -2.28. The third kappa shape index (κ3) is 3.75. The number of hydrogen-bond donors (Lipinski definition) is 0. The number of aromatic nitrogens is 3. The van der Waals surface area contributed by atoms with Crippen molar-refractivity contribution in [2.75, 3.05) is 5.75 Å². The van der Waals surface area contributed by atoms with Crippen molar-refractivity contribution in [3.63, 3.8) is 0 Å². The molecule has 0 aliphatic carbocycles. The van der Waals surface area contributed by atoms with Crippen molar-refractivity contribution in [3.8, 4) is 11.4 Å². The van der Waals surface area contributed by atoms with E-state index >= 15 is 0 Å². The summed E-state index contributed by atoms with van der Waals surface area (Å²) in [5.41, 5.74) is 2.86. The molecule has 4 heterocycles. The molecule has 0 saturated carbocycles. The van der Waals surface area contributed by atoms with Gasteiger partial charge in [0.2, 0.25) is 0 Å². The van der Waals surface area contributed by atoms with Gasteiger partial charge in [-0.3, -0.25) is 4.79 Å². The van der Waals surface area contributed by atoms with Crippen LogP contribution in [-0.2, 0) is 11.8 Å². The fourth-order valence-corrected chi connectivity index (χ4v) is 4.49. The maximum absolute atomic E-state index is 13.1.